The van der Waals surface area contributed by atoms with Crippen molar-refractivity contribution < 1.29 is 4.92 Å². The molecule has 2 rings (SSSR count). The molecule has 0 aliphatic carbocycles. The lowest BCUT2D eigenvalue weighted by Gasteiger charge is -2.32. The van der Waals surface area contributed by atoms with Crippen molar-refractivity contribution in [1.82, 2.24) is 15.1 Å². The van der Waals surface area contributed by atoms with Gasteiger partial charge in [0.1, 0.15) is 5.69 Å². The summed E-state index contributed by atoms with van der Waals surface area (Å²) in [6.45, 7) is 3.56. The summed E-state index contributed by atoms with van der Waals surface area (Å²) < 4.78 is 1.60. The molecular weight excluding hydrogens is 234 g/mol. The van der Waals surface area contributed by atoms with Gasteiger partial charge in [0.2, 0.25) is 5.82 Å². The number of anilines is 1. The van der Waals surface area contributed by atoms with E-state index in [4.69, 9.17) is 0 Å². The lowest BCUT2D eigenvalue weighted by atomic mass is 10.1. The van der Waals surface area contributed by atoms with Crippen molar-refractivity contribution in [1.29, 1.82) is 0 Å². The fourth-order valence-electron chi connectivity index (χ4n) is 2.58. The zero-order valence-corrected chi connectivity index (χ0v) is 11.0. The molecule has 1 unspecified atom stereocenters. The van der Waals surface area contributed by atoms with Crippen molar-refractivity contribution in [3.63, 3.8) is 0 Å². The van der Waals surface area contributed by atoms with E-state index in [1.165, 1.54) is 0 Å². The van der Waals surface area contributed by atoms with Crippen LogP contribution >= 0.6 is 0 Å². The Balaban J connectivity index is 2.34. The topological polar surface area (TPSA) is 76.2 Å². The predicted octanol–water partition coefficient (Wildman–Crippen LogP) is 0.825. The molecule has 1 aliphatic rings. The van der Waals surface area contributed by atoms with Gasteiger partial charge in [-0.3, -0.25) is 10.1 Å². The smallest absolute Gasteiger partial charge is 0.333 e. The van der Waals surface area contributed by atoms with Crippen LogP contribution < -0.4 is 10.2 Å². The van der Waals surface area contributed by atoms with Crippen molar-refractivity contribution in [3.05, 3.63) is 15.8 Å². The average molecular weight is 253 g/mol. The van der Waals surface area contributed by atoms with E-state index in [9.17, 15) is 10.1 Å². The predicted molar refractivity (Wildman–Crippen MR) is 68.9 cm³/mol. The van der Waals surface area contributed by atoms with E-state index in [1.807, 2.05) is 11.9 Å². The molecule has 1 aliphatic heterocycles. The van der Waals surface area contributed by atoms with E-state index in [1.54, 1.807) is 18.7 Å². The van der Waals surface area contributed by atoms with E-state index in [-0.39, 0.29) is 16.7 Å². The lowest BCUT2D eigenvalue weighted by molar-refractivity contribution is -0.384. The van der Waals surface area contributed by atoms with Gasteiger partial charge in [0.15, 0.2) is 0 Å². The Hall–Kier alpha value is -1.63. The van der Waals surface area contributed by atoms with Crippen LogP contribution in [0, 0.1) is 17.0 Å². The minimum Gasteiger partial charge on any atom is -0.350 e. The maximum atomic E-state index is 11.2. The minimum atomic E-state index is -0.343. The maximum Gasteiger partial charge on any atom is 0.333 e. The van der Waals surface area contributed by atoms with Crippen LogP contribution in [0.4, 0.5) is 11.5 Å². The molecule has 0 spiro atoms. The number of rotatable bonds is 3. The normalized spacial score (nSPS) is 19.8. The Morgan fingerprint density at radius 3 is 2.89 bits per heavy atom. The Morgan fingerprint density at radius 1 is 1.61 bits per heavy atom. The third-order valence-corrected chi connectivity index (χ3v) is 3.50. The first-order chi connectivity index (χ1) is 8.52. The summed E-state index contributed by atoms with van der Waals surface area (Å²) in [4.78, 5) is 12.8. The second kappa shape index (κ2) is 4.93. The standard InChI is InChI=1S/C11H19N5O2/c1-8-10(16(17)18)11(15(3)13-8)14(2)9-5-4-6-12-7-9/h9,12H,4-7H2,1-3H3. The third kappa shape index (κ3) is 2.17. The fraction of sp³-hybridized carbons (Fsp3) is 0.727. The molecule has 7 nitrogen and oxygen atoms in total. The maximum absolute atomic E-state index is 11.2. The van der Waals surface area contributed by atoms with Gasteiger partial charge in [-0.15, -0.1) is 0 Å². The van der Waals surface area contributed by atoms with Crippen molar-refractivity contribution in [2.45, 2.75) is 25.8 Å². The Morgan fingerprint density at radius 2 is 2.33 bits per heavy atom. The minimum absolute atomic E-state index is 0.116. The van der Waals surface area contributed by atoms with Gasteiger partial charge < -0.3 is 10.2 Å². The molecule has 7 heteroatoms. The number of hydrogen-bond donors (Lipinski definition) is 1. The Kier molecular flexibility index (Phi) is 3.51. The SMILES string of the molecule is Cc1nn(C)c(N(C)C2CCCNC2)c1[N+](=O)[O-]. The third-order valence-electron chi connectivity index (χ3n) is 3.50. The van der Waals surface area contributed by atoms with Gasteiger partial charge in [0, 0.05) is 26.7 Å². The molecular formula is C11H19N5O2. The first-order valence-corrected chi connectivity index (χ1v) is 6.14. The van der Waals surface area contributed by atoms with Crippen LogP contribution in [-0.4, -0.2) is 40.9 Å². The molecule has 0 bridgehead atoms. The van der Waals surface area contributed by atoms with Gasteiger partial charge in [0.05, 0.1) is 4.92 Å². The van der Waals surface area contributed by atoms with Crippen molar-refractivity contribution in [3.8, 4) is 0 Å². The van der Waals surface area contributed by atoms with Crippen LogP contribution in [0.3, 0.4) is 0 Å². The zero-order chi connectivity index (χ0) is 13.3. The number of aromatic nitrogens is 2. The van der Waals surface area contributed by atoms with Gasteiger partial charge in [-0.1, -0.05) is 0 Å². The molecule has 0 aromatic carbocycles. The Labute approximate surface area is 106 Å². The summed E-state index contributed by atoms with van der Waals surface area (Å²) in [5.74, 6) is 0.589. The second-order valence-electron chi connectivity index (χ2n) is 4.75. The van der Waals surface area contributed by atoms with Crippen molar-refractivity contribution in [2.24, 2.45) is 7.05 Å². The average Bonchev–Trinajstić information content (AvgIpc) is 2.64. The van der Waals surface area contributed by atoms with Crippen molar-refractivity contribution >= 4 is 11.5 Å². The van der Waals surface area contributed by atoms with Crippen LogP contribution in [0.15, 0.2) is 0 Å². The van der Waals surface area contributed by atoms with E-state index in [2.05, 4.69) is 10.4 Å². The zero-order valence-electron chi connectivity index (χ0n) is 11.0. The summed E-state index contributed by atoms with van der Waals surface area (Å²) in [5, 5.41) is 18.6. The van der Waals surface area contributed by atoms with Crippen molar-refractivity contribution in [2.75, 3.05) is 25.0 Å². The lowest BCUT2D eigenvalue weighted by Crippen LogP contribution is -2.45. The number of piperidine rings is 1. The van der Waals surface area contributed by atoms with E-state index in [0.29, 0.717) is 11.5 Å². The second-order valence-corrected chi connectivity index (χ2v) is 4.75. The number of likely N-dealkylation sites (N-methyl/N-ethyl adjacent to an activating group) is 1. The van der Waals surface area contributed by atoms with E-state index < -0.39 is 0 Å². The highest BCUT2D eigenvalue weighted by Gasteiger charge is 2.30. The quantitative estimate of drug-likeness (QED) is 0.637. The number of hydrogen-bond acceptors (Lipinski definition) is 5. The number of nitrogens with zero attached hydrogens (tertiary/aromatic N) is 4. The highest BCUT2D eigenvalue weighted by Crippen LogP contribution is 2.32. The number of nitrogens with one attached hydrogen (secondary N) is 1. The molecule has 1 atom stereocenters. The monoisotopic (exact) mass is 253 g/mol. The summed E-state index contributed by atoms with van der Waals surface area (Å²) in [5.41, 5.74) is 0.582. The van der Waals surface area contributed by atoms with Gasteiger partial charge in [-0.05, 0) is 26.3 Å². The first-order valence-electron chi connectivity index (χ1n) is 6.14. The molecule has 1 aromatic heterocycles. The highest BCUT2D eigenvalue weighted by molar-refractivity contribution is 5.61. The van der Waals surface area contributed by atoms with Gasteiger partial charge in [0.25, 0.3) is 0 Å². The molecule has 18 heavy (non-hydrogen) atoms. The highest BCUT2D eigenvalue weighted by atomic mass is 16.6. The van der Waals surface area contributed by atoms with Gasteiger partial charge in [-0.25, -0.2) is 4.68 Å². The molecule has 1 fully saturated rings. The molecule has 1 aromatic rings. The molecule has 1 saturated heterocycles. The van der Waals surface area contributed by atoms with E-state index in [0.717, 1.165) is 25.9 Å². The summed E-state index contributed by atoms with van der Waals surface area (Å²) in [6.07, 6.45) is 2.14. The van der Waals surface area contributed by atoms with Crippen LogP contribution in [0.5, 0.6) is 0 Å². The van der Waals surface area contributed by atoms with Crippen LogP contribution in [-0.2, 0) is 7.05 Å². The van der Waals surface area contributed by atoms with Crippen LogP contribution in [0.2, 0.25) is 0 Å². The summed E-state index contributed by atoms with van der Waals surface area (Å²) in [7, 11) is 3.66. The molecule has 0 saturated carbocycles. The number of nitro groups is 1. The van der Waals surface area contributed by atoms with Crippen LogP contribution in [0.1, 0.15) is 18.5 Å². The van der Waals surface area contributed by atoms with E-state index >= 15 is 0 Å². The van der Waals surface area contributed by atoms with Gasteiger partial charge >= 0.3 is 5.69 Å². The summed E-state index contributed by atoms with van der Waals surface area (Å²) in [6, 6.07) is 0.284. The van der Waals surface area contributed by atoms with Gasteiger partial charge in [-0.2, -0.15) is 5.10 Å². The molecule has 100 valence electrons. The summed E-state index contributed by atoms with van der Waals surface area (Å²) >= 11 is 0. The molecule has 0 amide bonds. The molecule has 0 radical (unpaired) electrons. The Bertz CT molecular complexity index is 451. The largest absolute Gasteiger partial charge is 0.350 e. The number of aryl methyl sites for hydroxylation is 2. The fourth-order valence-corrected chi connectivity index (χ4v) is 2.58. The molecule has 1 N–H and O–H groups in total. The molecule has 2 heterocycles. The van der Waals surface area contributed by atoms with Crippen LogP contribution in [0.25, 0.3) is 0 Å². The first kappa shape index (κ1) is 12.8.